The highest BCUT2D eigenvalue weighted by atomic mass is 35.5. The molecule has 3 rings (SSSR count). The molecule has 2 nitrogen and oxygen atoms in total. The molecule has 0 radical (unpaired) electrons. The first-order valence-corrected chi connectivity index (χ1v) is 8.43. The fourth-order valence-electron chi connectivity index (χ4n) is 2.89. The van der Waals surface area contributed by atoms with Gasteiger partial charge in [0.25, 0.3) is 5.92 Å². The van der Waals surface area contributed by atoms with Crippen LogP contribution < -0.4 is 5.32 Å². The molecule has 0 aromatic heterocycles. The molecule has 0 saturated heterocycles. The molecule has 0 heterocycles. The summed E-state index contributed by atoms with van der Waals surface area (Å²) in [6, 6.07) is 10.5. The van der Waals surface area contributed by atoms with Crippen molar-refractivity contribution in [3.8, 4) is 0 Å². The number of nitrogens with one attached hydrogen (secondary N) is 1. The summed E-state index contributed by atoms with van der Waals surface area (Å²) in [5, 5.41) is 2.58. The Bertz CT molecular complexity index is 1010. The Labute approximate surface area is 159 Å². The number of alkyl halides is 2. The van der Waals surface area contributed by atoms with Gasteiger partial charge in [-0.3, -0.25) is 0 Å². The van der Waals surface area contributed by atoms with Gasteiger partial charge in [-0.1, -0.05) is 35.9 Å². The summed E-state index contributed by atoms with van der Waals surface area (Å²) < 4.78 is 57.8. The fraction of sp³-hybridized carbons (Fsp3) is 0.150. The lowest BCUT2D eigenvalue weighted by Crippen LogP contribution is -2.25. The number of hydrogen-bond donors (Lipinski definition) is 1. The molecule has 0 aliphatic rings. The molecule has 27 heavy (non-hydrogen) atoms. The lowest BCUT2D eigenvalue weighted by molar-refractivity contribution is -0.107. The molecule has 142 valence electrons. The zero-order chi connectivity index (χ0) is 19.6. The standard InChI is InChI=1S/C20H14ClF4NO.H2/c21-16-6-8-18(19(23)14(16)9-10-27)26-11-20(24,25)15-5-7-17(22)13-4-2-1-3-12(13)15;/h1-8,10,26H,9,11H2;1H. The molecule has 3 aromatic carbocycles. The topological polar surface area (TPSA) is 29.1 Å². The highest BCUT2D eigenvalue weighted by molar-refractivity contribution is 6.31. The van der Waals surface area contributed by atoms with Crippen molar-refractivity contribution in [1.82, 2.24) is 0 Å². The van der Waals surface area contributed by atoms with E-state index < -0.39 is 24.1 Å². The minimum Gasteiger partial charge on any atom is -0.376 e. The smallest absolute Gasteiger partial charge is 0.290 e. The number of fused-ring (bicyclic) bond motifs is 1. The first-order chi connectivity index (χ1) is 12.8. The van der Waals surface area contributed by atoms with Crippen molar-refractivity contribution < 1.29 is 23.8 Å². The number of aldehydes is 1. The summed E-state index contributed by atoms with van der Waals surface area (Å²) in [6.45, 7) is -0.915. The van der Waals surface area contributed by atoms with Gasteiger partial charge in [-0.05, 0) is 29.7 Å². The lowest BCUT2D eigenvalue weighted by Gasteiger charge is -2.21. The third kappa shape index (κ3) is 3.76. The maximum absolute atomic E-state index is 14.8. The highest BCUT2D eigenvalue weighted by Gasteiger charge is 2.34. The van der Waals surface area contributed by atoms with Gasteiger partial charge in [0, 0.05) is 29.4 Å². The zero-order valence-corrected chi connectivity index (χ0v) is 14.7. The third-order valence-electron chi connectivity index (χ3n) is 4.24. The molecule has 1 N–H and O–H groups in total. The molecular weight excluding hydrogens is 382 g/mol. The van der Waals surface area contributed by atoms with E-state index in [9.17, 15) is 22.4 Å². The third-order valence-corrected chi connectivity index (χ3v) is 4.59. The van der Waals surface area contributed by atoms with Crippen LogP contribution in [0.1, 0.15) is 12.6 Å². The first kappa shape index (κ1) is 19.2. The predicted octanol–water partition coefficient (Wildman–Crippen LogP) is 5.96. The van der Waals surface area contributed by atoms with Crippen molar-refractivity contribution in [2.75, 3.05) is 11.9 Å². The van der Waals surface area contributed by atoms with Crippen LogP contribution in [0, 0.1) is 11.6 Å². The van der Waals surface area contributed by atoms with Gasteiger partial charge in [0.2, 0.25) is 0 Å². The summed E-state index contributed by atoms with van der Waals surface area (Å²) in [7, 11) is 0. The highest BCUT2D eigenvalue weighted by Crippen LogP contribution is 2.35. The SMILES string of the molecule is O=CCc1c(Cl)ccc(NCC(F)(F)c2ccc(F)c3ccccc23)c1F.[HH]. The summed E-state index contributed by atoms with van der Waals surface area (Å²) in [5.41, 5.74) is -0.621. The number of carbonyl (C=O) groups excluding carboxylic acids is 1. The molecular formula is C20H16ClF4NO. The van der Waals surface area contributed by atoms with Crippen LogP contribution in [0.5, 0.6) is 0 Å². The van der Waals surface area contributed by atoms with Gasteiger partial charge in [-0.15, -0.1) is 0 Å². The fourth-order valence-corrected chi connectivity index (χ4v) is 3.11. The van der Waals surface area contributed by atoms with Crippen molar-refractivity contribution in [3.05, 3.63) is 76.3 Å². The van der Waals surface area contributed by atoms with Crippen LogP contribution in [-0.2, 0) is 17.1 Å². The van der Waals surface area contributed by atoms with E-state index in [0.29, 0.717) is 6.29 Å². The zero-order valence-electron chi connectivity index (χ0n) is 13.9. The predicted molar refractivity (Wildman–Crippen MR) is 99.6 cm³/mol. The summed E-state index contributed by atoms with van der Waals surface area (Å²) in [5.74, 6) is -4.85. The van der Waals surface area contributed by atoms with Crippen LogP contribution in [-0.4, -0.2) is 12.8 Å². The van der Waals surface area contributed by atoms with Crippen molar-refractivity contribution in [2.45, 2.75) is 12.3 Å². The molecule has 0 saturated carbocycles. The minimum atomic E-state index is -3.40. The Balaban J connectivity index is 0.00000280. The Kier molecular flexibility index (Phi) is 5.37. The van der Waals surface area contributed by atoms with Crippen molar-refractivity contribution in [2.24, 2.45) is 0 Å². The Hall–Kier alpha value is -2.60. The molecule has 3 aromatic rings. The number of carbonyl (C=O) groups is 1. The van der Waals surface area contributed by atoms with Gasteiger partial charge in [-0.2, -0.15) is 8.78 Å². The van der Waals surface area contributed by atoms with Gasteiger partial charge in [0.1, 0.15) is 12.1 Å². The lowest BCUT2D eigenvalue weighted by atomic mass is 9.99. The quantitative estimate of drug-likeness (QED) is 0.410. The van der Waals surface area contributed by atoms with Gasteiger partial charge in [0.05, 0.1) is 12.2 Å². The minimum absolute atomic E-state index is 0. The average molecular weight is 398 g/mol. The van der Waals surface area contributed by atoms with Gasteiger partial charge >= 0.3 is 0 Å². The van der Waals surface area contributed by atoms with Crippen LogP contribution in [0.15, 0.2) is 48.5 Å². The number of hydrogen-bond acceptors (Lipinski definition) is 2. The molecule has 0 spiro atoms. The van der Waals surface area contributed by atoms with E-state index in [1.54, 1.807) is 12.1 Å². The van der Waals surface area contributed by atoms with Crippen molar-refractivity contribution >= 4 is 34.3 Å². The number of rotatable bonds is 6. The van der Waals surface area contributed by atoms with Crippen LogP contribution in [0.4, 0.5) is 23.2 Å². The maximum Gasteiger partial charge on any atom is 0.290 e. The summed E-state index contributed by atoms with van der Waals surface area (Å²) in [4.78, 5) is 10.6. The number of benzene rings is 3. The number of anilines is 1. The first-order valence-electron chi connectivity index (χ1n) is 8.05. The van der Waals surface area contributed by atoms with E-state index in [-0.39, 0.29) is 40.5 Å². The Morgan fingerprint density at radius 2 is 1.74 bits per heavy atom. The van der Waals surface area contributed by atoms with E-state index in [2.05, 4.69) is 5.32 Å². The second-order valence-corrected chi connectivity index (χ2v) is 6.36. The molecule has 0 fully saturated rings. The number of halogens is 5. The van der Waals surface area contributed by atoms with Crippen LogP contribution >= 0.6 is 11.6 Å². The molecule has 0 aliphatic carbocycles. The molecule has 0 unspecified atom stereocenters. The maximum atomic E-state index is 14.8. The average Bonchev–Trinajstić information content (AvgIpc) is 2.65. The van der Waals surface area contributed by atoms with Crippen LogP contribution in [0.2, 0.25) is 5.02 Å². The molecule has 0 aliphatic heterocycles. The van der Waals surface area contributed by atoms with Crippen molar-refractivity contribution in [1.29, 1.82) is 0 Å². The van der Waals surface area contributed by atoms with E-state index in [0.717, 1.165) is 12.1 Å². The normalized spacial score (nSPS) is 11.6. The van der Waals surface area contributed by atoms with E-state index in [1.165, 1.54) is 24.3 Å². The van der Waals surface area contributed by atoms with Crippen LogP contribution in [0.3, 0.4) is 0 Å². The molecule has 0 bridgehead atoms. The second kappa shape index (κ2) is 7.56. The second-order valence-electron chi connectivity index (χ2n) is 5.96. The van der Waals surface area contributed by atoms with E-state index >= 15 is 0 Å². The van der Waals surface area contributed by atoms with Crippen molar-refractivity contribution in [3.63, 3.8) is 0 Å². The molecule has 7 heteroatoms. The Morgan fingerprint density at radius 3 is 2.44 bits per heavy atom. The van der Waals surface area contributed by atoms with Gasteiger partial charge < -0.3 is 10.1 Å². The largest absolute Gasteiger partial charge is 0.376 e. The van der Waals surface area contributed by atoms with Gasteiger partial charge in [-0.25, -0.2) is 8.78 Å². The van der Waals surface area contributed by atoms with Gasteiger partial charge in [0.15, 0.2) is 5.82 Å². The summed E-state index contributed by atoms with van der Waals surface area (Å²) in [6.07, 6.45) is 0.215. The molecule has 0 amide bonds. The Morgan fingerprint density at radius 1 is 1.04 bits per heavy atom. The van der Waals surface area contributed by atoms with E-state index in [1.807, 2.05) is 0 Å². The van der Waals surface area contributed by atoms with Crippen LogP contribution in [0.25, 0.3) is 10.8 Å². The monoisotopic (exact) mass is 397 g/mol. The molecule has 0 atom stereocenters. The van der Waals surface area contributed by atoms with E-state index in [4.69, 9.17) is 11.6 Å². The summed E-state index contributed by atoms with van der Waals surface area (Å²) >= 11 is 5.84.